The van der Waals surface area contributed by atoms with Gasteiger partial charge in [-0.15, -0.1) is 0 Å². The van der Waals surface area contributed by atoms with Crippen molar-refractivity contribution < 1.29 is 9.53 Å². The average Bonchev–Trinajstić information content (AvgIpc) is 2.28. The van der Waals surface area contributed by atoms with Crippen LogP contribution in [0, 0.1) is 5.92 Å². The zero-order chi connectivity index (χ0) is 16.2. The van der Waals surface area contributed by atoms with Crippen molar-refractivity contribution in [2.75, 3.05) is 11.6 Å². The van der Waals surface area contributed by atoms with Crippen molar-refractivity contribution in [3.8, 4) is 0 Å². The second-order valence-corrected chi connectivity index (χ2v) is 7.12. The lowest BCUT2D eigenvalue weighted by atomic mass is 10.2. The largest absolute Gasteiger partial charge is 0.443 e. The fourth-order valence-electron chi connectivity index (χ4n) is 1.49. The quantitative estimate of drug-likeness (QED) is 0.636. The van der Waals surface area contributed by atoms with Gasteiger partial charge >= 0.3 is 6.09 Å². The molecule has 6 nitrogen and oxygen atoms in total. The molecule has 1 heterocycles. The van der Waals surface area contributed by atoms with Crippen LogP contribution >= 0.6 is 27.5 Å². The number of hydrogen-bond donors (Lipinski definition) is 1. The Hall–Kier alpha value is -1.08. The second-order valence-electron chi connectivity index (χ2n) is 5.93. The van der Waals surface area contributed by atoms with Gasteiger partial charge in [-0.3, -0.25) is 5.01 Å². The highest BCUT2D eigenvalue weighted by atomic mass is 79.9. The number of hydrogen-bond acceptors (Lipinski definition) is 5. The highest BCUT2D eigenvalue weighted by Gasteiger charge is 2.21. The van der Waals surface area contributed by atoms with Crippen LogP contribution in [-0.4, -0.2) is 28.2 Å². The van der Waals surface area contributed by atoms with Crippen molar-refractivity contribution in [1.82, 2.24) is 15.4 Å². The molecule has 118 valence electrons. The number of rotatable bonds is 4. The molecule has 0 aromatic carbocycles. The molecule has 1 aromatic rings. The molecule has 1 aromatic heterocycles. The summed E-state index contributed by atoms with van der Waals surface area (Å²) in [6.07, 6.45) is 0.985. The molecule has 0 aliphatic rings. The minimum Gasteiger partial charge on any atom is -0.443 e. The van der Waals surface area contributed by atoms with Gasteiger partial charge in [-0.2, -0.15) is 4.98 Å². The minimum atomic E-state index is -0.575. The maximum Gasteiger partial charge on any atom is 0.426 e. The van der Waals surface area contributed by atoms with Gasteiger partial charge < -0.3 is 4.74 Å². The van der Waals surface area contributed by atoms with Crippen LogP contribution in [0.4, 0.5) is 10.6 Å². The minimum absolute atomic E-state index is 0.105. The topological polar surface area (TPSA) is 67.4 Å². The third-order valence-corrected chi connectivity index (χ3v) is 2.87. The smallest absolute Gasteiger partial charge is 0.426 e. The van der Waals surface area contributed by atoms with Gasteiger partial charge in [0.1, 0.15) is 5.60 Å². The SMILES string of the molecule is CC(C)CN(NC(=O)OC(C)(C)C)c1nc(Cl)ncc1Br. The lowest BCUT2D eigenvalue weighted by Gasteiger charge is -2.28. The summed E-state index contributed by atoms with van der Waals surface area (Å²) in [4.78, 5) is 20.0. The number of carbonyl (C=O) groups excluding carboxylic acids is 1. The summed E-state index contributed by atoms with van der Waals surface area (Å²) in [5.41, 5.74) is 2.11. The Bertz CT molecular complexity index is 505. The van der Waals surface area contributed by atoms with Crippen LogP contribution in [0.15, 0.2) is 10.7 Å². The number of anilines is 1. The van der Waals surface area contributed by atoms with E-state index in [0.29, 0.717) is 22.8 Å². The first-order valence-electron chi connectivity index (χ1n) is 6.53. The van der Waals surface area contributed by atoms with E-state index in [1.54, 1.807) is 25.8 Å². The fraction of sp³-hybridized carbons (Fsp3) is 0.615. The Kier molecular flexibility index (Phi) is 6.22. The number of halogens is 2. The molecule has 1 N–H and O–H groups in total. The number of aromatic nitrogens is 2. The zero-order valence-corrected chi connectivity index (χ0v) is 15.1. The van der Waals surface area contributed by atoms with Crippen LogP contribution in [0.25, 0.3) is 0 Å². The Labute approximate surface area is 138 Å². The maximum absolute atomic E-state index is 12.0. The fourth-order valence-corrected chi connectivity index (χ4v) is 2.02. The summed E-state index contributed by atoms with van der Waals surface area (Å²) in [6.45, 7) is 10.0. The van der Waals surface area contributed by atoms with Crippen LogP contribution in [0.2, 0.25) is 5.28 Å². The third kappa shape index (κ3) is 6.48. The van der Waals surface area contributed by atoms with Gasteiger partial charge in [-0.05, 0) is 54.2 Å². The van der Waals surface area contributed by atoms with E-state index in [1.807, 2.05) is 13.8 Å². The zero-order valence-electron chi connectivity index (χ0n) is 12.8. The van der Waals surface area contributed by atoms with Crippen LogP contribution in [0.5, 0.6) is 0 Å². The molecule has 0 aliphatic carbocycles. The summed E-state index contributed by atoms with van der Waals surface area (Å²) in [5, 5.41) is 1.70. The number of nitrogens with zero attached hydrogens (tertiary/aromatic N) is 3. The molecule has 8 heteroatoms. The number of nitrogens with one attached hydrogen (secondary N) is 1. The van der Waals surface area contributed by atoms with Crippen LogP contribution in [-0.2, 0) is 4.74 Å². The highest BCUT2D eigenvalue weighted by molar-refractivity contribution is 9.10. The second kappa shape index (κ2) is 7.26. The molecular weight excluding hydrogens is 360 g/mol. The lowest BCUT2D eigenvalue weighted by Crippen LogP contribution is -2.47. The Morgan fingerprint density at radius 3 is 2.67 bits per heavy atom. The Morgan fingerprint density at radius 1 is 1.52 bits per heavy atom. The molecule has 0 spiro atoms. The normalized spacial score (nSPS) is 11.4. The van der Waals surface area contributed by atoms with E-state index in [1.165, 1.54) is 6.20 Å². The van der Waals surface area contributed by atoms with Crippen molar-refractivity contribution >= 4 is 39.4 Å². The molecule has 0 bridgehead atoms. The number of hydrazine groups is 1. The molecule has 1 amide bonds. The van der Waals surface area contributed by atoms with Crippen LogP contribution in [0.3, 0.4) is 0 Å². The first-order valence-corrected chi connectivity index (χ1v) is 7.71. The molecule has 0 saturated heterocycles. The van der Waals surface area contributed by atoms with E-state index in [4.69, 9.17) is 16.3 Å². The number of carbonyl (C=O) groups is 1. The van der Waals surface area contributed by atoms with Crippen LogP contribution < -0.4 is 10.4 Å². The summed E-state index contributed by atoms with van der Waals surface area (Å²) < 4.78 is 5.89. The van der Waals surface area contributed by atoms with Crippen molar-refractivity contribution in [2.45, 2.75) is 40.2 Å². The Morgan fingerprint density at radius 2 is 2.14 bits per heavy atom. The predicted molar refractivity (Wildman–Crippen MR) is 86.3 cm³/mol. The molecule has 0 atom stereocenters. The summed E-state index contributed by atoms with van der Waals surface area (Å²) in [6, 6.07) is 0. The molecule has 21 heavy (non-hydrogen) atoms. The summed E-state index contributed by atoms with van der Waals surface area (Å²) in [5.74, 6) is 0.773. The predicted octanol–water partition coefficient (Wildman–Crippen LogP) is 3.79. The van der Waals surface area contributed by atoms with Gasteiger partial charge in [-0.1, -0.05) is 13.8 Å². The van der Waals surface area contributed by atoms with Gasteiger partial charge in [0.15, 0.2) is 5.82 Å². The third-order valence-electron chi connectivity index (χ3n) is 2.12. The summed E-state index contributed by atoms with van der Waals surface area (Å²) >= 11 is 9.18. The average molecular weight is 380 g/mol. The first-order chi connectivity index (χ1) is 9.58. The molecule has 0 aliphatic heterocycles. The van der Waals surface area contributed by atoms with E-state index < -0.39 is 11.7 Å². The van der Waals surface area contributed by atoms with E-state index in [2.05, 4.69) is 31.3 Å². The van der Waals surface area contributed by atoms with E-state index in [-0.39, 0.29) is 5.28 Å². The van der Waals surface area contributed by atoms with E-state index in [9.17, 15) is 4.79 Å². The van der Waals surface area contributed by atoms with Crippen LogP contribution in [0.1, 0.15) is 34.6 Å². The summed E-state index contributed by atoms with van der Waals surface area (Å²) in [7, 11) is 0. The molecular formula is C13H20BrClN4O2. The van der Waals surface area contributed by atoms with Gasteiger partial charge in [0.25, 0.3) is 0 Å². The van der Waals surface area contributed by atoms with Gasteiger partial charge in [-0.25, -0.2) is 15.2 Å². The molecule has 0 fully saturated rings. The standard InChI is InChI=1S/C13H20BrClN4O2/c1-8(2)7-19(18-12(20)21-13(3,4)5)10-9(14)6-16-11(15)17-10/h6,8H,7H2,1-5H3,(H,18,20). The van der Waals surface area contributed by atoms with Crippen molar-refractivity contribution in [2.24, 2.45) is 5.92 Å². The van der Waals surface area contributed by atoms with Crippen molar-refractivity contribution in [1.29, 1.82) is 0 Å². The van der Waals surface area contributed by atoms with E-state index in [0.717, 1.165) is 0 Å². The molecule has 1 rings (SSSR count). The first kappa shape index (κ1) is 18.0. The Balaban J connectivity index is 2.95. The molecule has 0 unspecified atom stereocenters. The van der Waals surface area contributed by atoms with Gasteiger partial charge in [0.2, 0.25) is 5.28 Å². The number of ether oxygens (including phenoxy) is 1. The van der Waals surface area contributed by atoms with Crippen molar-refractivity contribution in [3.05, 3.63) is 16.0 Å². The molecule has 0 radical (unpaired) electrons. The van der Waals surface area contributed by atoms with Gasteiger partial charge in [0, 0.05) is 12.7 Å². The van der Waals surface area contributed by atoms with E-state index >= 15 is 0 Å². The monoisotopic (exact) mass is 378 g/mol. The number of amides is 1. The maximum atomic E-state index is 12.0. The van der Waals surface area contributed by atoms with Crippen molar-refractivity contribution in [3.63, 3.8) is 0 Å². The molecule has 0 saturated carbocycles. The van der Waals surface area contributed by atoms with Gasteiger partial charge in [0.05, 0.1) is 4.47 Å². The highest BCUT2D eigenvalue weighted by Crippen LogP contribution is 2.24. The lowest BCUT2D eigenvalue weighted by molar-refractivity contribution is 0.0519.